The van der Waals surface area contributed by atoms with Gasteiger partial charge in [-0.05, 0) is 0 Å². The van der Waals surface area contributed by atoms with Crippen LogP contribution in [-0.2, 0) is 14.1 Å². The normalized spacial score (nSPS) is 20.5. The third-order valence-electron chi connectivity index (χ3n) is 1.48. The first-order valence-electron chi connectivity index (χ1n) is 3.98. The predicted molar refractivity (Wildman–Crippen MR) is 58.1 cm³/mol. The van der Waals surface area contributed by atoms with Crippen LogP contribution < -0.4 is 0 Å². The molecule has 0 fully saturated rings. The summed E-state index contributed by atoms with van der Waals surface area (Å²) in [4.78, 5) is 32.1. The first-order valence-corrected chi connectivity index (χ1v) is 5.54. The zero-order valence-corrected chi connectivity index (χ0v) is 9.06. The molecule has 7 N–H and O–H groups in total. The molecule has 1 aliphatic heterocycles. The Balaban J connectivity index is 0. The number of cyclic esters (lactones) is 1. The number of rotatable bonds is 2. The van der Waals surface area contributed by atoms with Gasteiger partial charge in [-0.2, -0.15) is 0 Å². The van der Waals surface area contributed by atoms with Gasteiger partial charge in [0.2, 0.25) is 5.76 Å². The maximum absolute atomic E-state index is 10.5. The molecule has 1 unspecified atom stereocenters. The summed E-state index contributed by atoms with van der Waals surface area (Å²) in [6.07, 6.45) is -2.78. The first kappa shape index (κ1) is 19.9. The topological polar surface area (TPSA) is 185 Å². The molecule has 0 saturated heterocycles. The van der Waals surface area contributed by atoms with Crippen molar-refractivity contribution < 1.29 is 49.2 Å². The maximum atomic E-state index is 10.5. The summed E-state index contributed by atoms with van der Waals surface area (Å²) in [6.45, 7) is -0.671. The highest BCUT2D eigenvalue weighted by atomic mass is 31.2. The molecule has 1 aliphatic rings. The van der Waals surface area contributed by atoms with Crippen molar-refractivity contribution in [2.45, 2.75) is 12.2 Å². The van der Waals surface area contributed by atoms with Crippen molar-refractivity contribution in [2.75, 3.05) is 6.61 Å². The molecule has 18 heavy (non-hydrogen) atoms. The van der Waals surface area contributed by atoms with Crippen LogP contribution in [0.15, 0.2) is 11.5 Å². The monoisotopic (exact) mass is 300 g/mol. The fraction of sp³-hybridized carbons (Fsp3) is 0.500. The van der Waals surface area contributed by atoms with Crippen LogP contribution in [0.3, 0.4) is 0 Å². The maximum Gasteiger partial charge on any atom is 0.466 e. The second kappa shape index (κ2) is 7.91. The Hall–Kier alpha value is -0.394. The minimum Gasteiger partial charge on any atom is -0.505 e. The van der Waals surface area contributed by atoms with E-state index in [9.17, 15) is 4.79 Å². The molecule has 0 aromatic rings. The Morgan fingerprint density at radius 2 is 1.67 bits per heavy atom. The molecule has 10 nitrogen and oxygen atoms in total. The summed E-state index contributed by atoms with van der Waals surface area (Å²) in [7, 11) is -4.64. The lowest BCUT2D eigenvalue weighted by Gasteiger charge is -2.13. The van der Waals surface area contributed by atoms with E-state index in [4.69, 9.17) is 39.7 Å². The van der Waals surface area contributed by atoms with Gasteiger partial charge < -0.3 is 39.8 Å². The Kier molecular flexibility index (Phi) is 8.76. The second-order valence-electron chi connectivity index (χ2n) is 2.82. The van der Waals surface area contributed by atoms with E-state index in [0.29, 0.717) is 0 Å². The number of hydrogen-bond donors (Lipinski definition) is 7. The quantitative estimate of drug-likeness (QED) is 0.155. The molecular weight excluding hydrogens is 287 g/mol. The second-order valence-corrected chi connectivity index (χ2v) is 3.85. The van der Waals surface area contributed by atoms with Crippen molar-refractivity contribution >= 4 is 36.8 Å². The van der Waals surface area contributed by atoms with E-state index in [1.807, 2.05) is 0 Å². The van der Waals surface area contributed by atoms with Crippen LogP contribution in [0.5, 0.6) is 0 Å². The standard InChI is InChI=1S/C6H8O6.Mg.H3O4P.2H/c7-1-2(8)5-3(9)4(10)6(11)12-5;;1-5(2,3)4;;/h2,5,7-10H,1H2;;(H3,1,2,3,4);;/t2?,5-;;;;/m1..../s1. The van der Waals surface area contributed by atoms with Crippen molar-refractivity contribution in [2.24, 2.45) is 0 Å². The average molecular weight is 300 g/mol. The summed E-state index contributed by atoms with van der Waals surface area (Å²) in [5, 5.41) is 35.0. The summed E-state index contributed by atoms with van der Waals surface area (Å²) < 4.78 is 13.2. The lowest BCUT2D eigenvalue weighted by Crippen LogP contribution is -2.31. The fourth-order valence-corrected chi connectivity index (χ4v) is 0.823. The Morgan fingerprint density at radius 3 is 1.89 bits per heavy atom. The fourth-order valence-electron chi connectivity index (χ4n) is 0.823. The third-order valence-corrected chi connectivity index (χ3v) is 1.48. The van der Waals surface area contributed by atoms with E-state index in [-0.39, 0.29) is 23.1 Å². The molecule has 1 heterocycles. The summed E-state index contributed by atoms with van der Waals surface area (Å²) >= 11 is 0. The lowest BCUT2D eigenvalue weighted by molar-refractivity contribution is -0.147. The number of aliphatic hydroxyl groups excluding tert-OH is 4. The van der Waals surface area contributed by atoms with Gasteiger partial charge in [0.1, 0.15) is 6.10 Å². The van der Waals surface area contributed by atoms with Gasteiger partial charge in [-0.1, -0.05) is 0 Å². The van der Waals surface area contributed by atoms with E-state index in [1.54, 1.807) is 0 Å². The zero-order chi connectivity index (χ0) is 13.8. The van der Waals surface area contributed by atoms with Gasteiger partial charge in [-0.3, -0.25) is 0 Å². The molecule has 12 heteroatoms. The van der Waals surface area contributed by atoms with Crippen LogP contribution in [0, 0.1) is 0 Å². The summed E-state index contributed by atoms with van der Waals surface area (Å²) in [6, 6.07) is 0. The van der Waals surface area contributed by atoms with Crippen LogP contribution >= 0.6 is 7.82 Å². The summed E-state index contributed by atoms with van der Waals surface area (Å²) in [5.74, 6) is -2.78. The SMILES string of the molecule is O=C1O[C@H](C(O)CO)C(O)=C1O.O=P(O)(O)O.[MgH2]. The van der Waals surface area contributed by atoms with Gasteiger partial charge in [-0.15, -0.1) is 0 Å². The molecule has 0 saturated carbocycles. The van der Waals surface area contributed by atoms with Crippen LogP contribution in [-0.4, -0.2) is 82.9 Å². The third kappa shape index (κ3) is 7.13. The van der Waals surface area contributed by atoms with Crippen molar-refractivity contribution in [3.63, 3.8) is 0 Å². The molecule has 1 rings (SSSR count). The Bertz CT molecular complexity index is 353. The van der Waals surface area contributed by atoms with E-state index in [0.717, 1.165) is 0 Å². The average Bonchev–Trinajstić information content (AvgIpc) is 2.42. The van der Waals surface area contributed by atoms with Crippen molar-refractivity contribution in [1.82, 2.24) is 0 Å². The van der Waals surface area contributed by atoms with E-state index in [2.05, 4.69) is 4.74 Å². The predicted octanol–water partition coefficient (Wildman–Crippen LogP) is -3.25. The number of carbonyl (C=O) groups excluding carboxylic acids is 1. The highest BCUT2D eigenvalue weighted by Gasteiger charge is 2.38. The lowest BCUT2D eigenvalue weighted by atomic mass is 10.2. The molecular formula is C6H13MgO10P. The smallest absolute Gasteiger partial charge is 0.466 e. The summed E-state index contributed by atoms with van der Waals surface area (Å²) in [5.41, 5.74) is 0. The molecule has 104 valence electrons. The molecule has 0 spiro atoms. The molecule has 0 aromatic heterocycles. The van der Waals surface area contributed by atoms with Crippen molar-refractivity contribution in [3.05, 3.63) is 11.5 Å². The van der Waals surface area contributed by atoms with Crippen LogP contribution in [0.25, 0.3) is 0 Å². The van der Waals surface area contributed by atoms with Crippen molar-refractivity contribution in [1.29, 1.82) is 0 Å². The molecule has 0 aliphatic carbocycles. The van der Waals surface area contributed by atoms with E-state index < -0.39 is 44.1 Å². The highest BCUT2D eigenvalue weighted by Crippen LogP contribution is 2.25. The van der Waals surface area contributed by atoms with Gasteiger partial charge in [0.05, 0.1) is 6.61 Å². The van der Waals surface area contributed by atoms with E-state index >= 15 is 0 Å². The van der Waals surface area contributed by atoms with Crippen LogP contribution in [0.2, 0.25) is 0 Å². The van der Waals surface area contributed by atoms with Gasteiger partial charge in [0, 0.05) is 0 Å². The minimum atomic E-state index is -4.64. The largest absolute Gasteiger partial charge is 0.505 e. The molecule has 0 aromatic carbocycles. The first-order chi connectivity index (χ1) is 7.57. The molecule has 0 radical (unpaired) electrons. The number of ether oxygens (including phenoxy) is 1. The van der Waals surface area contributed by atoms with Gasteiger partial charge in [0.15, 0.2) is 11.9 Å². The number of hydrogen-bond acceptors (Lipinski definition) is 7. The molecule has 0 amide bonds. The van der Waals surface area contributed by atoms with E-state index in [1.165, 1.54) is 0 Å². The molecule has 2 atom stereocenters. The number of carbonyl (C=O) groups is 1. The van der Waals surface area contributed by atoms with Gasteiger partial charge >= 0.3 is 36.8 Å². The van der Waals surface area contributed by atoms with Gasteiger partial charge in [0.25, 0.3) is 0 Å². The minimum absolute atomic E-state index is 0. The molecule has 0 bridgehead atoms. The Labute approximate surface area is 117 Å². The van der Waals surface area contributed by atoms with Gasteiger partial charge in [-0.25, -0.2) is 9.36 Å². The Morgan fingerprint density at radius 1 is 1.28 bits per heavy atom. The highest BCUT2D eigenvalue weighted by molar-refractivity contribution is 7.45. The number of aliphatic hydroxyl groups is 4. The number of phosphoric acid groups is 1. The zero-order valence-electron chi connectivity index (χ0n) is 8.16. The van der Waals surface area contributed by atoms with Crippen LogP contribution in [0.1, 0.15) is 0 Å². The van der Waals surface area contributed by atoms with Crippen LogP contribution in [0.4, 0.5) is 0 Å². The number of esters is 1. The van der Waals surface area contributed by atoms with Crippen molar-refractivity contribution in [3.8, 4) is 0 Å².